The van der Waals surface area contributed by atoms with Crippen LogP contribution in [-0.4, -0.2) is 76.5 Å². The van der Waals surface area contributed by atoms with Gasteiger partial charge in [-0.05, 0) is 64.6 Å². The van der Waals surface area contributed by atoms with Crippen molar-refractivity contribution in [2.75, 3.05) is 45.8 Å². The molecule has 1 aromatic heterocycles. The van der Waals surface area contributed by atoms with Crippen LogP contribution in [0, 0.1) is 12.8 Å². The van der Waals surface area contributed by atoms with Crippen molar-refractivity contribution in [3.63, 3.8) is 0 Å². The maximum absolute atomic E-state index is 13.1. The molecule has 0 atom stereocenters. The van der Waals surface area contributed by atoms with Crippen molar-refractivity contribution in [2.45, 2.75) is 64.3 Å². The van der Waals surface area contributed by atoms with Gasteiger partial charge < -0.3 is 15.1 Å². The molecule has 1 aromatic rings. The van der Waals surface area contributed by atoms with E-state index in [1.54, 1.807) is 0 Å². The smallest absolute Gasteiger partial charge is 0.276 e. The first-order valence-electron chi connectivity index (χ1n) is 11.4. The highest BCUT2D eigenvalue weighted by Gasteiger charge is 2.28. The van der Waals surface area contributed by atoms with Crippen LogP contribution in [0.1, 0.15) is 73.6 Å². The van der Waals surface area contributed by atoms with Crippen molar-refractivity contribution in [3.8, 4) is 0 Å². The summed E-state index contributed by atoms with van der Waals surface area (Å²) in [6.45, 7) is 8.98. The molecule has 0 bridgehead atoms. The average molecular weight is 461 g/mol. The second-order valence-corrected chi connectivity index (χ2v) is 8.90. The predicted molar refractivity (Wildman–Crippen MR) is 124 cm³/mol. The van der Waals surface area contributed by atoms with E-state index in [1.165, 1.54) is 38.6 Å². The number of amides is 1. The molecule has 3 heterocycles. The van der Waals surface area contributed by atoms with Crippen LogP contribution < -0.4 is 5.32 Å². The third kappa shape index (κ3) is 6.09. The zero-order chi connectivity index (χ0) is 19.3. The SMILES string of the molecule is Cc1c(C(=O)N2CCCN(CC3CCCCC3)CC2)nnn1C1CCNCC1.Cl.Cl. The second kappa shape index (κ2) is 12.2. The number of halogens is 2. The fraction of sp³-hybridized carbons (Fsp3) is 0.857. The highest BCUT2D eigenvalue weighted by atomic mass is 35.5. The lowest BCUT2D eigenvalue weighted by Gasteiger charge is -2.28. The Morgan fingerprint density at radius 1 is 0.967 bits per heavy atom. The second-order valence-electron chi connectivity index (χ2n) is 8.90. The zero-order valence-electron chi connectivity index (χ0n) is 18.2. The van der Waals surface area contributed by atoms with Crippen LogP contribution in [0.25, 0.3) is 0 Å². The lowest BCUT2D eigenvalue weighted by Crippen LogP contribution is -2.37. The summed E-state index contributed by atoms with van der Waals surface area (Å²) < 4.78 is 1.99. The molecule has 3 fully saturated rings. The molecule has 1 saturated carbocycles. The molecule has 0 unspecified atom stereocenters. The third-order valence-corrected chi connectivity index (χ3v) is 6.90. The molecular formula is C21H38Cl2N6O. The summed E-state index contributed by atoms with van der Waals surface area (Å²) in [6, 6.07) is 0.366. The van der Waals surface area contributed by atoms with Gasteiger partial charge in [-0.2, -0.15) is 0 Å². The van der Waals surface area contributed by atoms with Gasteiger partial charge in [0.2, 0.25) is 0 Å². The topological polar surface area (TPSA) is 66.3 Å². The third-order valence-electron chi connectivity index (χ3n) is 6.90. The van der Waals surface area contributed by atoms with Crippen LogP contribution in [0.5, 0.6) is 0 Å². The molecule has 9 heteroatoms. The number of rotatable bonds is 4. The maximum atomic E-state index is 13.1. The molecule has 0 spiro atoms. The quantitative estimate of drug-likeness (QED) is 0.747. The molecule has 172 valence electrons. The van der Waals surface area contributed by atoms with E-state index < -0.39 is 0 Å². The van der Waals surface area contributed by atoms with Gasteiger partial charge in [0.05, 0.1) is 11.7 Å². The number of nitrogens with zero attached hydrogens (tertiary/aromatic N) is 5. The number of hydrogen-bond donors (Lipinski definition) is 1. The summed E-state index contributed by atoms with van der Waals surface area (Å²) in [5, 5.41) is 12.0. The maximum Gasteiger partial charge on any atom is 0.276 e. The normalized spacial score (nSPS) is 22.1. The van der Waals surface area contributed by atoms with Gasteiger partial charge >= 0.3 is 0 Å². The summed E-state index contributed by atoms with van der Waals surface area (Å²) >= 11 is 0. The van der Waals surface area contributed by atoms with Crippen molar-refractivity contribution < 1.29 is 4.79 Å². The van der Waals surface area contributed by atoms with Crippen molar-refractivity contribution in [2.24, 2.45) is 5.92 Å². The largest absolute Gasteiger partial charge is 0.336 e. The van der Waals surface area contributed by atoms with Crippen LogP contribution in [0.15, 0.2) is 0 Å². The Hall–Kier alpha value is -0.890. The molecular weight excluding hydrogens is 423 g/mol. The van der Waals surface area contributed by atoms with Crippen LogP contribution in [0.3, 0.4) is 0 Å². The van der Waals surface area contributed by atoms with E-state index in [9.17, 15) is 4.79 Å². The molecule has 4 rings (SSSR count). The fourth-order valence-corrected chi connectivity index (χ4v) is 5.18. The van der Waals surface area contributed by atoms with Crippen molar-refractivity contribution in [1.82, 2.24) is 30.1 Å². The Labute approximate surface area is 193 Å². The minimum Gasteiger partial charge on any atom is -0.336 e. The average Bonchev–Trinajstić information content (AvgIpc) is 2.96. The number of piperidine rings is 1. The Balaban J connectivity index is 0.00000160. The minimum atomic E-state index is 0. The van der Waals surface area contributed by atoms with Gasteiger partial charge in [-0.15, -0.1) is 29.9 Å². The van der Waals surface area contributed by atoms with Crippen molar-refractivity contribution >= 4 is 30.7 Å². The highest BCUT2D eigenvalue weighted by Crippen LogP contribution is 2.25. The van der Waals surface area contributed by atoms with Gasteiger partial charge in [-0.25, -0.2) is 4.68 Å². The van der Waals surface area contributed by atoms with E-state index in [0.29, 0.717) is 11.7 Å². The van der Waals surface area contributed by atoms with E-state index >= 15 is 0 Å². The summed E-state index contributed by atoms with van der Waals surface area (Å²) in [4.78, 5) is 17.7. The Morgan fingerprint density at radius 3 is 2.43 bits per heavy atom. The van der Waals surface area contributed by atoms with Gasteiger partial charge in [0.15, 0.2) is 5.69 Å². The Kier molecular flexibility index (Phi) is 10.3. The highest BCUT2D eigenvalue weighted by molar-refractivity contribution is 5.93. The summed E-state index contributed by atoms with van der Waals surface area (Å²) in [5.74, 6) is 0.931. The van der Waals surface area contributed by atoms with Gasteiger partial charge in [0, 0.05) is 26.2 Å². The number of hydrogen-bond acceptors (Lipinski definition) is 5. The molecule has 0 aromatic carbocycles. The van der Waals surface area contributed by atoms with Crippen LogP contribution in [0.4, 0.5) is 0 Å². The minimum absolute atomic E-state index is 0. The van der Waals surface area contributed by atoms with Crippen LogP contribution >= 0.6 is 24.8 Å². The number of carbonyl (C=O) groups excluding carboxylic acids is 1. The summed E-state index contributed by atoms with van der Waals surface area (Å²) in [6.07, 6.45) is 10.1. The van der Waals surface area contributed by atoms with E-state index in [-0.39, 0.29) is 30.7 Å². The number of carbonyl (C=O) groups is 1. The van der Waals surface area contributed by atoms with E-state index in [2.05, 4.69) is 20.5 Å². The molecule has 3 aliphatic rings. The van der Waals surface area contributed by atoms with Gasteiger partial charge in [-0.1, -0.05) is 24.5 Å². The molecule has 1 aliphatic carbocycles. The van der Waals surface area contributed by atoms with Gasteiger partial charge in [0.25, 0.3) is 5.91 Å². The van der Waals surface area contributed by atoms with Crippen LogP contribution in [-0.2, 0) is 0 Å². The van der Waals surface area contributed by atoms with Crippen LogP contribution in [0.2, 0.25) is 0 Å². The standard InChI is InChI=1S/C21H36N6O.2ClH/c1-17-20(23-24-27(17)19-8-10-22-11-9-19)21(28)26-13-5-12-25(14-15-26)16-18-6-3-2-4-7-18;;/h18-19,22H,2-16H2,1H3;2*1H. The fourth-order valence-electron chi connectivity index (χ4n) is 5.18. The molecule has 7 nitrogen and oxygen atoms in total. The van der Waals surface area contributed by atoms with Gasteiger partial charge in [-0.3, -0.25) is 4.79 Å². The molecule has 30 heavy (non-hydrogen) atoms. The molecule has 2 saturated heterocycles. The Morgan fingerprint density at radius 2 is 1.70 bits per heavy atom. The van der Waals surface area contributed by atoms with E-state index in [0.717, 1.165) is 70.1 Å². The first-order chi connectivity index (χ1) is 13.7. The van der Waals surface area contributed by atoms with Crippen molar-refractivity contribution in [3.05, 3.63) is 11.4 Å². The molecule has 2 aliphatic heterocycles. The van der Waals surface area contributed by atoms with Crippen molar-refractivity contribution in [1.29, 1.82) is 0 Å². The lowest BCUT2D eigenvalue weighted by atomic mass is 9.89. The molecule has 0 radical (unpaired) electrons. The number of aromatic nitrogens is 3. The first kappa shape index (κ1) is 25.4. The number of nitrogens with one attached hydrogen (secondary N) is 1. The van der Waals surface area contributed by atoms with E-state index in [4.69, 9.17) is 0 Å². The predicted octanol–water partition coefficient (Wildman–Crippen LogP) is 3.08. The Bertz CT molecular complexity index is 658. The van der Waals surface area contributed by atoms with E-state index in [1.807, 2.05) is 16.5 Å². The van der Waals surface area contributed by atoms with Gasteiger partial charge in [0.1, 0.15) is 0 Å². The lowest BCUT2D eigenvalue weighted by molar-refractivity contribution is 0.0753. The molecule has 1 amide bonds. The summed E-state index contributed by atoms with van der Waals surface area (Å²) in [5.41, 5.74) is 1.49. The first-order valence-corrected chi connectivity index (χ1v) is 11.4. The summed E-state index contributed by atoms with van der Waals surface area (Å²) in [7, 11) is 0. The molecule has 1 N–H and O–H groups in total. The monoisotopic (exact) mass is 460 g/mol. The zero-order valence-corrected chi connectivity index (χ0v) is 19.9.